The van der Waals surface area contributed by atoms with Crippen molar-refractivity contribution in [2.75, 3.05) is 18.0 Å². The van der Waals surface area contributed by atoms with Crippen LogP contribution in [0.25, 0.3) is 0 Å². The Morgan fingerprint density at radius 2 is 1.96 bits per heavy atom. The number of nitrogens with zero attached hydrogens (tertiary/aromatic N) is 1. The van der Waals surface area contributed by atoms with Gasteiger partial charge in [0.25, 0.3) is 5.91 Å². The average Bonchev–Trinajstić information content (AvgIpc) is 3.08. The summed E-state index contributed by atoms with van der Waals surface area (Å²) in [6.07, 6.45) is 2.44. The Balaban J connectivity index is 1.81. The van der Waals surface area contributed by atoms with Gasteiger partial charge in [0, 0.05) is 25.2 Å². The fourth-order valence-electron chi connectivity index (χ4n) is 2.42. The highest BCUT2D eigenvalue weighted by atomic mass is 16.3. The first-order valence-corrected chi connectivity index (χ1v) is 7.81. The van der Waals surface area contributed by atoms with Crippen LogP contribution in [0.1, 0.15) is 35.9 Å². The van der Waals surface area contributed by atoms with E-state index < -0.39 is 0 Å². The molecule has 0 unspecified atom stereocenters. The number of hydrogen-bond donors (Lipinski definition) is 1. The van der Waals surface area contributed by atoms with E-state index in [1.807, 2.05) is 38.1 Å². The first-order chi connectivity index (χ1) is 11.1. The summed E-state index contributed by atoms with van der Waals surface area (Å²) in [5.41, 5.74) is 2.02. The second-order valence-electron chi connectivity index (χ2n) is 5.26. The highest BCUT2D eigenvalue weighted by molar-refractivity contribution is 5.94. The number of carbonyl (C=O) groups excluding carboxylic acids is 2. The van der Waals surface area contributed by atoms with Gasteiger partial charge in [-0.1, -0.05) is 18.2 Å². The van der Waals surface area contributed by atoms with E-state index in [1.54, 1.807) is 17.0 Å². The number of rotatable bonds is 7. The number of hydrogen-bond acceptors (Lipinski definition) is 3. The Bertz CT molecular complexity index is 650. The number of amides is 2. The molecule has 1 aromatic carbocycles. The molecule has 1 heterocycles. The van der Waals surface area contributed by atoms with Gasteiger partial charge in [0.2, 0.25) is 5.91 Å². The number of carbonyl (C=O) groups is 2. The predicted molar refractivity (Wildman–Crippen MR) is 89.5 cm³/mol. The summed E-state index contributed by atoms with van der Waals surface area (Å²) in [5.74, 6) is 0.0918. The van der Waals surface area contributed by atoms with E-state index in [1.165, 1.54) is 6.26 Å². The zero-order chi connectivity index (χ0) is 16.7. The lowest BCUT2D eigenvalue weighted by Gasteiger charge is -2.23. The molecule has 5 heteroatoms. The maximum Gasteiger partial charge on any atom is 0.286 e. The van der Waals surface area contributed by atoms with Gasteiger partial charge in [-0.3, -0.25) is 9.59 Å². The second kappa shape index (κ2) is 8.17. The molecule has 2 rings (SSSR count). The molecule has 0 aliphatic heterocycles. The molecule has 0 radical (unpaired) electrons. The lowest BCUT2D eigenvalue weighted by molar-refractivity contribution is -0.118. The Morgan fingerprint density at radius 1 is 1.17 bits per heavy atom. The highest BCUT2D eigenvalue weighted by Gasteiger charge is 2.15. The fraction of sp³-hybridized carbons (Fsp3) is 0.333. The van der Waals surface area contributed by atoms with E-state index in [0.717, 1.165) is 11.3 Å². The number of furan rings is 1. The van der Waals surface area contributed by atoms with Crippen molar-refractivity contribution in [2.24, 2.45) is 0 Å². The zero-order valence-corrected chi connectivity index (χ0v) is 13.5. The molecule has 0 fully saturated rings. The molecule has 2 amide bonds. The van der Waals surface area contributed by atoms with Crippen LogP contribution in [-0.2, 0) is 4.79 Å². The van der Waals surface area contributed by atoms with Gasteiger partial charge in [0.1, 0.15) is 0 Å². The molecule has 5 nitrogen and oxygen atoms in total. The van der Waals surface area contributed by atoms with E-state index in [9.17, 15) is 9.59 Å². The van der Waals surface area contributed by atoms with Gasteiger partial charge in [0.05, 0.1) is 6.26 Å². The summed E-state index contributed by atoms with van der Waals surface area (Å²) in [6, 6.07) is 11.1. The van der Waals surface area contributed by atoms with Crippen molar-refractivity contribution < 1.29 is 14.0 Å². The molecule has 0 spiro atoms. The van der Waals surface area contributed by atoms with Crippen LogP contribution in [0, 0.1) is 6.92 Å². The fourth-order valence-corrected chi connectivity index (χ4v) is 2.42. The van der Waals surface area contributed by atoms with Gasteiger partial charge in [-0.05, 0) is 44.0 Å². The van der Waals surface area contributed by atoms with Crippen molar-refractivity contribution in [3.8, 4) is 0 Å². The summed E-state index contributed by atoms with van der Waals surface area (Å²) in [6.45, 7) is 5.02. The lowest BCUT2D eigenvalue weighted by Crippen LogP contribution is -2.32. The van der Waals surface area contributed by atoms with Crippen LogP contribution in [-0.4, -0.2) is 24.9 Å². The van der Waals surface area contributed by atoms with E-state index in [4.69, 9.17) is 4.42 Å². The first-order valence-electron chi connectivity index (χ1n) is 7.81. The quantitative estimate of drug-likeness (QED) is 0.799. The minimum Gasteiger partial charge on any atom is -0.459 e. The molecule has 2 aromatic rings. The summed E-state index contributed by atoms with van der Waals surface area (Å²) in [4.78, 5) is 25.9. The van der Waals surface area contributed by atoms with Gasteiger partial charge in [-0.2, -0.15) is 0 Å². The normalized spacial score (nSPS) is 10.3. The summed E-state index contributed by atoms with van der Waals surface area (Å²) < 4.78 is 5.01. The van der Waals surface area contributed by atoms with E-state index in [2.05, 4.69) is 5.32 Å². The van der Waals surface area contributed by atoms with Gasteiger partial charge >= 0.3 is 0 Å². The largest absolute Gasteiger partial charge is 0.459 e. The summed E-state index contributed by atoms with van der Waals surface area (Å²) in [5, 5.41) is 2.75. The molecule has 1 N–H and O–H groups in total. The molecule has 1 aromatic heterocycles. The van der Waals surface area contributed by atoms with Crippen molar-refractivity contribution in [3.63, 3.8) is 0 Å². The van der Waals surface area contributed by atoms with E-state index in [0.29, 0.717) is 25.9 Å². The molecular formula is C18H22N2O3. The maximum atomic E-state index is 12.4. The zero-order valence-electron chi connectivity index (χ0n) is 13.5. The molecule has 122 valence electrons. The number of anilines is 1. The first kappa shape index (κ1) is 16.8. The van der Waals surface area contributed by atoms with Gasteiger partial charge < -0.3 is 14.6 Å². The number of nitrogens with one attached hydrogen (secondary N) is 1. The van der Waals surface area contributed by atoms with E-state index >= 15 is 0 Å². The lowest BCUT2D eigenvalue weighted by atomic mass is 10.1. The Hall–Kier alpha value is -2.56. The smallest absolute Gasteiger partial charge is 0.286 e. The van der Waals surface area contributed by atoms with Crippen molar-refractivity contribution in [2.45, 2.75) is 26.7 Å². The van der Waals surface area contributed by atoms with Crippen molar-refractivity contribution in [1.29, 1.82) is 0 Å². The number of benzene rings is 1. The summed E-state index contributed by atoms with van der Waals surface area (Å²) >= 11 is 0. The molecule has 0 aliphatic carbocycles. The van der Waals surface area contributed by atoms with Gasteiger partial charge in [-0.25, -0.2) is 0 Å². The van der Waals surface area contributed by atoms with Gasteiger partial charge in [-0.15, -0.1) is 0 Å². The molecule has 0 bridgehead atoms. The monoisotopic (exact) mass is 314 g/mol. The molecule has 0 atom stereocenters. The average molecular weight is 314 g/mol. The van der Waals surface area contributed by atoms with E-state index in [-0.39, 0.29) is 17.6 Å². The maximum absolute atomic E-state index is 12.4. The minimum atomic E-state index is -0.256. The number of para-hydroxylation sites is 1. The Kier molecular flexibility index (Phi) is 5.97. The standard InChI is InChI=1S/C18H22N2O3/c1-3-20(15-9-5-4-8-14(15)2)17(21)11-6-12-19-18(22)16-10-7-13-23-16/h4-5,7-10,13H,3,6,11-12H2,1-2H3,(H,19,22). The Labute approximate surface area is 136 Å². The third kappa shape index (κ3) is 4.45. The van der Waals surface area contributed by atoms with Gasteiger partial charge in [0.15, 0.2) is 5.76 Å². The van der Waals surface area contributed by atoms with Crippen LogP contribution in [0.3, 0.4) is 0 Å². The molecule has 0 saturated carbocycles. The number of aryl methyl sites for hydroxylation is 1. The van der Waals surface area contributed by atoms with Crippen LogP contribution in [0.5, 0.6) is 0 Å². The van der Waals surface area contributed by atoms with Crippen molar-refractivity contribution in [1.82, 2.24) is 5.32 Å². The van der Waals surface area contributed by atoms with Crippen LogP contribution < -0.4 is 10.2 Å². The van der Waals surface area contributed by atoms with Crippen LogP contribution in [0.4, 0.5) is 5.69 Å². The third-order valence-electron chi connectivity index (χ3n) is 3.62. The molecule has 0 aliphatic rings. The Morgan fingerprint density at radius 3 is 2.61 bits per heavy atom. The molecule has 23 heavy (non-hydrogen) atoms. The van der Waals surface area contributed by atoms with Crippen LogP contribution >= 0.6 is 0 Å². The highest BCUT2D eigenvalue weighted by Crippen LogP contribution is 2.20. The van der Waals surface area contributed by atoms with Crippen molar-refractivity contribution in [3.05, 3.63) is 54.0 Å². The SMILES string of the molecule is CCN(C(=O)CCCNC(=O)c1ccco1)c1ccccc1C. The third-order valence-corrected chi connectivity index (χ3v) is 3.62. The predicted octanol–water partition coefficient (Wildman–Crippen LogP) is 3.15. The second-order valence-corrected chi connectivity index (χ2v) is 5.26. The van der Waals surface area contributed by atoms with Crippen LogP contribution in [0.15, 0.2) is 47.1 Å². The summed E-state index contributed by atoms with van der Waals surface area (Å²) in [7, 11) is 0. The van der Waals surface area contributed by atoms with Crippen LogP contribution in [0.2, 0.25) is 0 Å². The topological polar surface area (TPSA) is 62.6 Å². The molecule has 0 saturated heterocycles. The van der Waals surface area contributed by atoms with Crippen molar-refractivity contribution >= 4 is 17.5 Å². The minimum absolute atomic E-state index is 0.0639. The molecular weight excluding hydrogens is 292 g/mol.